The van der Waals surface area contributed by atoms with Crippen LogP contribution in [0.4, 0.5) is 5.69 Å². The van der Waals surface area contributed by atoms with Crippen LogP contribution >= 0.6 is 0 Å². The number of anilines is 1. The van der Waals surface area contributed by atoms with Crippen molar-refractivity contribution in [3.63, 3.8) is 0 Å². The van der Waals surface area contributed by atoms with E-state index >= 15 is 0 Å². The van der Waals surface area contributed by atoms with Gasteiger partial charge in [0, 0.05) is 24.7 Å². The minimum atomic E-state index is -0.433. The smallest absolute Gasteiger partial charge is 0.258 e. The molecule has 1 saturated heterocycles. The second kappa shape index (κ2) is 8.57. The lowest BCUT2D eigenvalue weighted by molar-refractivity contribution is -0.138. The summed E-state index contributed by atoms with van der Waals surface area (Å²) in [6.07, 6.45) is 0.178. The molecule has 3 aromatic rings. The molecule has 0 radical (unpaired) electrons. The third-order valence-electron chi connectivity index (χ3n) is 6.23. The maximum Gasteiger partial charge on any atom is 0.258 e. The number of carbonyl (C=O) groups excluding carboxylic acids is 2. The molecule has 1 aliphatic heterocycles. The predicted octanol–water partition coefficient (Wildman–Crippen LogP) is 3.33. The number of fused-ring (bicyclic) bond motifs is 1. The number of hydrogen-bond donors (Lipinski definition) is 1. The number of aryl methyl sites for hydroxylation is 1. The first kappa shape index (κ1) is 21.7. The van der Waals surface area contributed by atoms with Crippen LogP contribution in [0.25, 0.3) is 10.9 Å². The largest absolute Gasteiger partial charge is 0.332 e. The van der Waals surface area contributed by atoms with Gasteiger partial charge >= 0.3 is 0 Å². The summed E-state index contributed by atoms with van der Waals surface area (Å²) in [7, 11) is 0. The number of amides is 2. The van der Waals surface area contributed by atoms with Gasteiger partial charge in [-0.05, 0) is 57.0 Å². The molecule has 4 rings (SSSR count). The first-order valence-corrected chi connectivity index (χ1v) is 10.9. The summed E-state index contributed by atoms with van der Waals surface area (Å²) >= 11 is 0. The van der Waals surface area contributed by atoms with Crippen LogP contribution < -0.4 is 10.5 Å². The Kier molecular flexibility index (Phi) is 5.82. The number of hydrogen-bond acceptors (Lipinski definition) is 4. The van der Waals surface area contributed by atoms with Gasteiger partial charge in [-0.3, -0.25) is 14.4 Å². The van der Waals surface area contributed by atoms with Crippen LogP contribution in [0, 0.1) is 19.8 Å². The van der Waals surface area contributed by atoms with Crippen LogP contribution in [0.1, 0.15) is 37.2 Å². The summed E-state index contributed by atoms with van der Waals surface area (Å²) in [4.78, 5) is 49.4. The molecular formula is C25H28N4O3. The first-order chi connectivity index (χ1) is 15.3. The SMILES string of the molecule is Cc1cccc(N2CC(C(=O)N(Cc3nc4ccccc4c(=O)[nH]3)C(C)C)CC2=O)c1C. The number of rotatable bonds is 5. The van der Waals surface area contributed by atoms with Gasteiger partial charge in [0.05, 0.1) is 23.4 Å². The number of H-pyrrole nitrogens is 1. The molecule has 1 N–H and O–H groups in total. The van der Waals surface area contributed by atoms with Gasteiger partial charge in [0.25, 0.3) is 5.56 Å². The van der Waals surface area contributed by atoms with Crippen LogP contribution in [-0.2, 0) is 16.1 Å². The van der Waals surface area contributed by atoms with Crippen molar-refractivity contribution in [3.05, 3.63) is 69.8 Å². The molecule has 7 nitrogen and oxygen atoms in total. The van der Waals surface area contributed by atoms with E-state index in [1.54, 1.807) is 28.0 Å². The molecule has 0 aliphatic carbocycles. The van der Waals surface area contributed by atoms with Gasteiger partial charge in [-0.2, -0.15) is 0 Å². The van der Waals surface area contributed by atoms with Crippen LogP contribution in [0.5, 0.6) is 0 Å². The molecule has 1 aromatic heterocycles. The van der Waals surface area contributed by atoms with Crippen LogP contribution in [0.2, 0.25) is 0 Å². The Morgan fingerprint density at radius 3 is 2.66 bits per heavy atom. The molecule has 0 saturated carbocycles. The number of aromatic amines is 1. The molecular weight excluding hydrogens is 404 g/mol. The lowest BCUT2D eigenvalue weighted by Gasteiger charge is -2.29. The Bertz CT molecular complexity index is 1250. The highest BCUT2D eigenvalue weighted by Gasteiger charge is 2.38. The Hall–Kier alpha value is -3.48. The summed E-state index contributed by atoms with van der Waals surface area (Å²) in [6, 6.07) is 12.9. The molecule has 1 fully saturated rings. The second-order valence-corrected chi connectivity index (χ2v) is 8.71. The molecule has 2 amide bonds. The predicted molar refractivity (Wildman–Crippen MR) is 124 cm³/mol. The summed E-state index contributed by atoms with van der Waals surface area (Å²) in [5.41, 5.74) is 3.40. The van der Waals surface area contributed by atoms with Crippen molar-refractivity contribution in [1.29, 1.82) is 0 Å². The van der Waals surface area contributed by atoms with Crippen molar-refractivity contribution >= 4 is 28.4 Å². The van der Waals surface area contributed by atoms with Crippen molar-refractivity contribution < 1.29 is 9.59 Å². The van der Waals surface area contributed by atoms with E-state index in [9.17, 15) is 14.4 Å². The number of nitrogens with one attached hydrogen (secondary N) is 1. The second-order valence-electron chi connectivity index (χ2n) is 8.71. The van der Waals surface area contributed by atoms with E-state index in [4.69, 9.17) is 0 Å². The summed E-state index contributed by atoms with van der Waals surface area (Å²) in [5, 5.41) is 0.518. The van der Waals surface area contributed by atoms with E-state index in [2.05, 4.69) is 9.97 Å². The molecule has 0 spiro atoms. The zero-order valence-electron chi connectivity index (χ0n) is 18.9. The van der Waals surface area contributed by atoms with Gasteiger partial charge in [0.1, 0.15) is 5.82 Å². The third-order valence-corrected chi connectivity index (χ3v) is 6.23. The van der Waals surface area contributed by atoms with Gasteiger partial charge in [0.15, 0.2) is 0 Å². The van der Waals surface area contributed by atoms with Gasteiger partial charge in [-0.1, -0.05) is 24.3 Å². The number of aromatic nitrogens is 2. The van der Waals surface area contributed by atoms with E-state index in [1.807, 2.05) is 52.0 Å². The van der Waals surface area contributed by atoms with Gasteiger partial charge in [-0.15, -0.1) is 0 Å². The summed E-state index contributed by atoms with van der Waals surface area (Å²) < 4.78 is 0. The van der Waals surface area contributed by atoms with E-state index in [1.165, 1.54) is 0 Å². The highest BCUT2D eigenvalue weighted by atomic mass is 16.2. The third kappa shape index (κ3) is 4.02. The van der Waals surface area contributed by atoms with E-state index in [-0.39, 0.29) is 36.4 Å². The minimum Gasteiger partial charge on any atom is -0.332 e. The van der Waals surface area contributed by atoms with Crippen LogP contribution in [-0.4, -0.2) is 39.3 Å². The maximum atomic E-state index is 13.4. The molecule has 0 bridgehead atoms. The minimum absolute atomic E-state index is 0.0435. The number of nitrogens with zero attached hydrogens (tertiary/aromatic N) is 3. The maximum absolute atomic E-state index is 13.4. The van der Waals surface area contributed by atoms with Crippen molar-refractivity contribution in [1.82, 2.24) is 14.9 Å². The fourth-order valence-electron chi connectivity index (χ4n) is 4.25. The van der Waals surface area contributed by atoms with E-state index < -0.39 is 5.92 Å². The topological polar surface area (TPSA) is 86.4 Å². The van der Waals surface area contributed by atoms with Crippen LogP contribution in [0.3, 0.4) is 0 Å². The lowest BCUT2D eigenvalue weighted by Crippen LogP contribution is -2.42. The van der Waals surface area contributed by atoms with Gasteiger partial charge < -0.3 is 14.8 Å². The molecule has 1 aliphatic rings. The molecule has 32 heavy (non-hydrogen) atoms. The number of carbonyl (C=O) groups is 2. The molecule has 2 heterocycles. The van der Waals surface area contributed by atoms with Gasteiger partial charge in [-0.25, -0.2) is 4.98 Å². The fraction of sp³-hybridized carbons (Fsp3) is 0.360. The zero-order chi connectivity index (χ0) is 23.0. The summed E-state index contributed by atoms with van der Waals surface area (Å²) in [5.74, 6) is -0.140. The molecule has 166 valence electrons. The van der Waals surface area contributed by atoms with Crippen molar-refractivity contribution in [3.8, 4) is 0 Å². The monoisotopic (exact) mass is 432 g/mol. The highest BCUT2D eigenvalue weighted by Crippen LogP contribution is 2.30. The Labute approximate surface area is 187 Å². The average Bonchev–Trinajstić information content (AvgIpc) is 3.15. The molecule has 2 aromatic carbocycles. The number of para-hydroxylation sites is 1. The highest BCUT2D eigenvalue weighted by molar-refractivity contribution is 6.01. The molecule has 7 heteroatoms. The normalized spacial score (nSPS) is 16.2. The van der Waals surface area contributed by atoms with Gasteiger partial charge in [0.2, 0.25) is 11.8 Å². The Morgan fingerprint density at radius 1 is 1.16 bits per heavy atom. The Balaban J connectivity index is 1.57. The van der Waals surface area contributed by atoms with E-state index in [0.29, 0.717) is 23.3 Å². The first-order valence-electron chi connectivity index (χ1n) is 10.9. The van der Waals surface area contributed by atoms with Crippen molar-refractivity contribution in [2.24, 2.45) is 5.92 Å². The average molecular weight is 433 g/mol. The lowest BCUT2D eigenvalue weighted by atomic mass is 10.1. The molecule has 1 atom stereocenters. The van der Waals surface area contributed by atoms with Crippen molar-refractivity contribution in [2.75, 3.05) is 11.4 Å². The van der Waals surface area contributed by atoms with E-state index in [0.717, 1.165) is 16.8 Å². The fourth-order valence-corrected chi connectivity index (χ4v) is 4.25. The van der Waals surface area contributed by atoms with Crippen molar-refractivity contribution in [2.45, 2.75) is 46.7 Å². The quantitative estimate of drug-likeness (QED) is 0.670. The Morgan fingerprint density at radius 2 is 1.91 bits per heavy atom. The van der Waals surface area contributed by atoms with Crippen LogP contribution in [0.15, 0.2) is 47.3 Å². The molecule has 1 unspecified atom stereocenters. The zero-order valence-corrected chi connectivity index (χ0v) is 18.9. The number of benzene rings is 2. The summed E-state index contributed by atoms with van der Waals surface area (Å²) in [6.45, 7) is 8.40. The standard InChI is InChI=1S/C25H28N4O3/c1-15(2)28(14-22-26-20-10-6-5-9-19(20)24(31)27-22)25(32)18-12-23(30)29(13-18)21-11-7-8-16(3)17(21)4/h5-11,15,18H,12-14H2,1-4H3,(H,26,27,31).